The molecule has 0 radical (unpaired) electrons. The Hall–Kier alpha value is -1.72. The van der Waals surface area contributed by atoms with Crippen LogP contribution in [-0.4, -0.2) is 24.8 Å². The van der Waals surface area contributed by atoms with Crippen molar-refractivity contribution in [3.63, 3.8) is 0 Å². The van der Waals surface area contributed by atoms with Crippen molar-refractivity contribution in [2.45, 2.75) is 0 Å². The molecular formula is C4H4N6. The highest BCUT2D eigenvalue weighted by atomic mass is 15.4. The van der Waals surface area contributed by atoms with Crippen molar-refractivity contribution in [3.05, 3.63) is 12.5 Å². The lowest BCUT2D eigenvalue weighted by Crippen LogP contribution is -2.01. The lowest BCUT2D eigenvalue weighted by Gasteiger charge is -1.91. The number of hydrogen-bond donors (Lipinski definition) is 1. The molecule has 2 aromatic rings. The van der Waals surface area contributed by atoms with E-state index in [1.54, 1.807) is 0 Å². The lowest BCUT2D eigenvalue weighted by atomic mass is 10.8. The Labute approximate surface area is 55.7 Å². The summed E-state index contributed by atoms with van der Waals surface area (Å²) >= 11 is 0. The van der Waals surface area contributed by atoms with Gasteiger partial charge in [-0.2, -0.15) is 4.52 Å². The first kappa shape index (κ1) is 5.10. The third-order valence-electron chi connectivity index (χ3n) is 1.13. The Bertz CT molecular complexity index is 351. The molecule has 0 saturated carbocycles. The second kappa shape index (κ2) is 1.63. The van der Waals surface area contributed by atoms with E-state index in [1.165, 1.54) is 17.0 Å². The van der Waals surface area contributed by atoms with Crippen LogP contribution in [0.2, 0.25) is 0 Å². The minimum absolute atomic E-state index is 0.294. The molecule has 0 saturated heterocycles. The van der Waals surface area contributed by atoms with Crippen molar-refractivity contribution < 1.29 is 0 Å². The molecule has 10 heavy (non-hydrogen) atoms. The van der Waals surface area contributed by atoms with Gasteiger partial charge in [0.15, 0.2) is 5.65 Å². The van der Waals surface area contributed by atoms with Crippen LogP contribution in [0.1, 0.15) is 0 Å². The van der Waals surface area contributed by atoms with Crippen LogP contribution in [0.5, 0.6) is 0 Å². The number of nitrogens with zero attached hydrogens (tertiary/aromatic N) is 5. The van der Waals surface area contributed by atoms with Gasteiger partial charge in [0, 0.05) is 0 Å². The summed E-state index contributed by atoms with van der Waals surface area (Å²) in [6.45, 7) is 0. The van der Waals surface area contributed by atoms with Gasteiger partial charge >= 0.3 is 0 Å². The minimum atomic E-state index is 0.294. The summed E-state index contributed by atoms with van der Waals surface area (Å²) in [5.74, 6) is 0.294. The van der Waals surface area contributed by atoms with Crippen LogP contribution in [-0.2, 0) is 0 Å². The average molecular weight is 136 g/mol. The predicted molar refractivity (Wildman–Crippen MR) is 33.0 cm³/mol. The van der Waals surface area contributed by atoms with E-state index >= 15 is 0 Å². The van der Waals surface area contributed by atoms with Crippen LogP contribution in [0.4, 0.5) is 5.95 Å². The molecule has 2 aromatic heterocycles. The van der Waals surface area contributed by atoms with Crippen LogP contribution in [0.15, 0.2) is 12.5 Å². The zero-order valence-electron chi connectivity index (χ0n) is 4.97. The summed E-state index contributed by atoms with van der Waals surface area (Å²) in [6, 6.07) is 0. The van der Waals surface area contributed by atoms with Gasteiger partial charge in [-0.1, -0.05) is 5.21 Å². The first-order valence-electron chi connectivity index (χ1n) is 2.65. The third-order valence-corrected chi connectivity index (χ3v) is 1.13. The summed E-state index contributed by atoms with van der Waals surface area (Å²) in [5.41, 5.74) is 6.01. The molecular weight excluding hydrogens is 132 g/mol. The van der Waals surface area contributed by atoms with Gasteiger partial charge < -0.3 is 5.73 Å². The van der Waals surface area contributed by atoms with Crippen LogP contribution in [0.3, 0.4) is 0 Å². The van der Waals surface area contributed by atoms with Gasteiger partial charge in [-0.05, 0) is 0 Å². The maximum absolute atomic E-state index is 5.41. The zero-order chi connectivity index (χ0) is 6.97. The number of nitrogen functional groups attached to an aromatic ring is 1. The topological polar surface area (TPSA) is 82.0 Å². The van der Waals surface area contributed by atoms with Gasteiger partial charge in [0.25, 0.3) is 0 Å². The van der Waals surface area contributed by atoms with Crippen molar-refractivity contribution in [1.29, 1.82) is 0 Å². The summed E-state index contributed by atoms with van der Waals surface area (Å²) in [7, 11) is 0. The number of nitrogens with two attached hydrogens (primary N) is 1. The van der Waals surface area contributed by atoms with Crippen molar-refractivity contribution in [2.24, 2.45) is 0 Å². The molecule has 0 amide bonds. The molecule has 0 aliphatic rings. The molecule has 2 N–H and O–H groups in total. The van der Waals surface area contributed by atoms with E-state index in [0.29, 0.717) is 11.6 Å². The average Bonchev–Trinajstić information content (AvgIpc) is 2.36. The highest BCUT2D eigenvalue weighted by molar-refractivity contribution is 5.37. The minimum Gasteiger partial charge on any atom is -0.368 e. The first-order valence-corrected chi connectivity index (χ1v) is 2.65. The SMILES string of the molecule is Nc1ncnc2cnnn12. The Morgan fingerprint density at radius 2 is 2.30 bits per heavy atom. The van der Waals surface area contributed by atoms with Crippen LogP contribution < -0.4 is 5.73 Å². The summed E-state index contributed by atoms with van der Waals surface area (Å²) in [6.07, 6.45) is 2.88. The molecule has 6 nitrogen and oxygen atoms in total. The molecule has 2 heterocycles. The molecule has 0 aromatic carbocycles. The van der Waals surface area contributed by atoms with Gasteiger partial charge in [-0.15, -0.1) is 5.10 Å². The molecule has 0 atom stereocenters. The van der Waals surface area contributed by atoms with Crippen LogP contribution >= 0.6 is 0 Å². The largest absolute Gasteiger partial charge is 0.368 e. The monoisotopic (exact) mass is 136 g/mol. The van der Waals surface area contributed by atoms with E-state index in [0.717, 1.165) is 0 Å². The predicted octanol–water partition coefficient (Wildman–Crippen LogP) is -0.899. The molecule has 2 rings (SSSR count). The summed E-state index contributed by atoms with van der Waals surface area (Å²) in [5, 5.41) is 7.23. The Balaban J connectivity index is 2.95. The number of anilines is 1. The number of fused-ring (bicyclic) bond motifs is 1. The fourth-order valence-electron chi connectivity index (χ4n) is 0.683. The molecule has 0 aliphatic carbocycles. The smallest absolute Gasteiger partial charge is 0.226 e. The van der Waals surface area contributed by atoms with Crippen molar-refractivity contribution in [2.75, 3.05) is 5.73 Å². The van der Waals surface area contributed by atoms with Crippen molar-refractivity contribution in [3.8, 4) is 0 Å². The number of aromatic nitrogens is 5. The van der Waals surface area contributed by atoms with Gasteiger partial charge in [0.1, 0.15) is 6.33 Å². The van der Waals surface area contributed by atoms with E-state index in [1.807, 2.05) is 0 Å². The number of rotatable bonds is 0. The molecule has 50 valence electrons. The van der Waals surface area contributed by atoms with Gasteiger partial charge in [-0.3, -0.25) is 0 Å². The maximum atomic E-state index is 5.41. The molecule has 0 aliphatic heterocycles. The van der Waals surface area contributed by atoms with Crippen molar-refractivity contribution in [1.82, 2.24) is 24.8 Å². The zero-order valence-corrected chi connectivity index (χ0v) is 4.97. The van der Waals surface area contributed by atoms with Crippen LogP contribution in [0.25, 0.3) is 5.65 Å². The highest BCUT2D eigenvalue weighted by Gasteiger charge is 1.97. The van der Waals surface area contributed by atoms with E-state index in [4.69, 9.17) is 5.73 Å². The Kier molecular flexibility index (Phi) is 0.830. The maximum Gasteiger partial charge on any atom is 0.226 e. The third kappa shape index (κ3) is 0.524. The molecule has 0 fully saturated rings. The van der Waals surface area contributed by atoms with Gasteiger partial charge in [0.05, 0.1) is 6.20 Å². The Morgan fingerprint density at radius 3 is 3.10 bits per heavy atom. The molecule has 0 spiro atoms. The first-order chi connectivity index (χ1) is 4.88. The van der Waals surface area contributed by atoms with Gasteiger partial charge in [0.2, 0.25) is 5.95 Å². The summed E-state index contributed by atoms with van der Waals surface area (Å²) in [4.78, 5) is 7.56. The second-order valence-electron chi connectivity index (χ2n) is 1.74. The van der Waals surface area contributed by atoms with E-state index in [9.17, 15) is 0 Å². The fraction of sp³-hybridized carbons (Fsp3) is 0. The van der Waals surface area contributed by atoms with Crippen LogP contribution in [0, 0.1) is 0 Å². The van der Waals surface area contributed by atoms with E-state index in [2.05, 4.69) is 20.3 Å². The molecule has 6 heteroatoms. The molecule has 0 unspecified atom stereocenters. The van der Waals surface area contributed by atoms with E-state index < -0.39 is 0 Å². The Morgan fingerprint density at radius 1 is 1.40 bits per heavy atom. The second-order valence-corrected chi connectivity index (χ2v) is 1.74. The quantitative estimate of drug-likeness (QED) is 0.507. The lowest BCUT2D eigenvalue weighted by molar-refractivity contribution is 0.834. The van der Waals surface area contributed by atoms with Crippen molar-refractivity contribution >= 4 is 11.6 Å². The normalized spacial score (nSPS) is 10.4. The summed E-state index contributed by atoms with van der Waals surface area (Å²) < 4.78 is 1.36. The highest BCUT2D eigenvalue weighted by Crippen LogP contribution is 1.96. The standard InChI is InChI=1S/C4H4N6/c5-4-7-2-6-3-1-8-9-10(3)4/h1-2H,(H2,5,6,7). The fourth-order valence-corrected chi connectivity index (χ4v) is 0.683. The molecule has 0 bridgehead atoms. The van der Waals surface area contributed by atoms with E-state index in [-0.39, 0.29) is 0 Å². The van der Waals surface area contributed by atoms with Gasteiger partial charge in [-0.25, -0.2) is 9.97 Å². The number of hydrogen-bond acceptors (Lipinski definition) is 5.